The molecule has 0 fully saturated rings. The summed E-state index contributed by atoms with van der Waals surface area (Å²) < 4.78 is 0. The molecule has 4 nitrogen and oxygen atoms in total. The molecule has 2 amide bonds. The lowest BCUT2D eigenvalue weighted by Crippen LogP contribution is -2.51. The van der Waals surface area contributed by atoms with Crippen LogP contribution in [0.15, 0.2) is 12.3 Å². The summed E-state index contributed by atoms with van der Waals surface area (Å²) >= 11 is 0. The van der Waals surface area contributed by atoms with Crippen molar-refractivity contribution in [2.75, 3.05) is 13.2 Å². The van der Waals surface area contributed by atoms with Gasteiger partial charge in [-0.2, -0.15) is 0 Å². The molecule has 0 unspecified atom stereocenters. The van der Waals surface area contributed by atoms with E-state index in [2.05, 4.69) is 5.32 Å². The fourth-order valence-electron chi connectivity index (χ4n) is 1.23. The topological polar surface area (TPSA) is 52.6 Å². The molecule has 0 radical (unpaired) electrons. The Labute approximate surface area is 84.6 Å². The van der Waals surface area contributed by atoms with E-state index in [-0.39, 0.29) is 12.6 Å². The summed E-state index contributed by atoms with van der Waals surface area (Å²) in [5.74, 6) is 0. The second kappa shape index (κ2) is 4.46. The normalized spacial score (nSPS) is 16.9. The number of carbonyl (C=O) groups excluding carboxylic acids is 1. The third-order valence-electron chi connectivity index (χ3n) is 2.16. The van der Waals surface area contributed by atoms with Crippen LogP contribution in [0.3, 0.4) is 0 Å². The predicted molar refractivity (Wildman–Crippen MR) is 54.8 cm³/mol. The average Bonchev–Trinajstić information content (AvgIpc) is 2.19. The lowest BCUT2D eigenvalue weighted by Gasteiger charge is -2.29. The monoisotopic (exact) mass is 198 g/mol. The zero-order valence-electron chi connectivity index (χ0n) is 8.79. The van der Waals surface area contributed by atoms with Gasteiger partial charge in [0.1, 0.15) is 0 Å². The highest BCUT2D eigenvalue weighted by molar-refractivity contribution is 5.76. The molecule has 1 aliphatic heterocycles. The van der Waals surface area contributed by atoms with Crippen molar-refractivity contribution in [1.29, 1.82) is 0 Å². The summed E-state index contributed by atoms with van der Waals surface area (Å²) in [6, 6.07) is -0.139. The summed E-state index contributed by atoms with van der Waals surface area (Å²) in [6.45, 7) is 4.28. The number of aliphatic hydroxyl groups is 1. The Morgan fingerprint density at radius 2 is 2.36 bits per heavy atom. The van der Waals surface area contributed by atoms with Crippen LogP contribution in [0.25, 0.3) is 0 Å². The van der Waals surface area contributed by atoms with E-state index in [9.17, 15) is 4.79 Å². The molecule has 0 aromatic carbocycles. The van der Waals surface area contributed by atoms with Gasteiger partial charge in [-0.1, -0.05) is 6.08 Å². The summed E-state index contributed by atoms with van der Waals surface area (Å²) in [7, 11) is 0. The first-order valence-electron chi connectivity index (χ1n) is 4.91. The highest BCUT2D eigenvalue weighted by Crippen LogP contribution is 2.08. The maximum Gasteiger partial charge on any atom is 0.321 e. The number of urea groups is 1. The Hall–Kier alpha value is -1.03. The van der Waals surface area contributed by atoms with E-state index in [1.807, 2.05) is 6.08 Å². The number of hydrogen-bond acceptors (Lipinski definition) is 2. The van der Waals surface area contributed by atoms with Crippen molar-refractivity contribution in [1.82, 2.24) is 10.2 Å². The van der Waals surface area contributed by atoms with Gasteiger partial charge in [-0.05, 0) is 26.7 Å². The lowest BCUT2D eigenvalue weighted by molar-refractivity contribution is 0.167. The molecule has 0 saturated heterocycles. The molecule has 2 N–H and O–H groups in total. The van der Waals surface area contributed by atoms with Crippen LogP contribution in [0.2, 0.25) is 0 Å². The Bertz CT molecular complexity index is 236. The van der Waals surface area contributed by atoms with Crippen LogP contribution in [0.5, 0.6) is 0 Å². The number of nitrogens with zero attached hydrogens (tertiary/aromatic N) is 1. The van der Waals surface area contributed by atoms with Crippen molar-refractivity contribution in [3.8, 4) is 0 Å². The van der Waals surface area contributed by atoms with Gasteiger partial charge in [-0.3, -0.25) is 0 Å². The summed E-state index contributed by atoms with van der Waals surface area (Å²) in [5, 5.41) is 11.8. The zero-order chi connectivity index (χ0) is 10.6. The fourth-order valence-corrected chi connectivity index (χ4v) is 1.23. The second-order valence-electron chi connectivity index (χ2n) is 4.19. The Balaban J connectivity index is 2.49. The lowest BCUT2D eigenvalue weighted by atomic mass is 10.1. The number of allylic oxidation sites excluding steroid dienone is 1. The van der Waals surface area contributed by atoms with Gasteiger partial charge in [0.05, 0.1) is 12.1 Å². The van der Waals surface area contributed by atoms with Gasteiger partial charge >= 0.3 is 6.03 Å². The first-order valence-corrected chi connectivity index (χ1v) is 4.91. The van der Waals surface area contributed by atoms with E-state index in [0.717, 1.165) is 19.4 Å². The summed E-state index contributed by atoms with van der Waals surface area (Å²) in [5.41, 5.74) is -0.553. The number of hydrogen-bond donors (Lipinski definition) is 2. The van der Waals surface area contributed by atoms with Crippen LogP contribution in [-0.2, 0) is 0 Å². The predicted octanol–water partition coefficient (Wildman–Crippen LogP) is 1.08. The van der Waals surface area contributed by atoms with Crippen molar-refractivity contribution in [3.63, 3.8) is 0 Å². The Kier molecular flexibility index (Phi) is 3.52. The fraction of sp³-hybridized carbons (Fsp3) is 0.700. The van der Waals surface area contributed by atoms with Gasteiger partial charge in [0.15, 0.2) is 0 Å². The van der Waals surface area contributed by atoms with Crippen molar-refractivity contribution in [3.05, 3.63) is 12.3 Å². The molecule has 0 atom stereocenters. The van der Waals surface area contributed by atoms with Gasteiger partial charge in [0.25, 0.3) is 0 Å². The molecule has 1 rings (SSSR count). The maximum absolute atomic E-state index is 11.6. The number of amides is 2. The van der Waals surface area contributed by atoms with E-state index in [0.29, 0.717) is 0 Å². The van der Waals surface area contributed by atoms with Crippen LogP contribution in [0, 0.1) is 0 Å². The van der Waals surface area contributed by atoms with Crippen LogP contribution >= 0.6 is 0 Å². The Morgan fingerprint density at radius 3 is 2.86 bits per heavy atom. The maximum atomic E-state index is 11.6. The zero-order valence-corrected chi connectivity index (χ0v) is 8.79. The number of rotatable bonds is 2. The van der Waals surface area contributed by atoms with Crippen molar-refractivity contribution < 1.29 is 9.90 Å². The quantitative estimate of drug-likeness (QED) is 0.697. The van der Waals surface area contributed by atoms with Crippen LogP contribution in [-0.4, -0.2) is 34.7 Å². The van der Waals surface area contributed by atoms with Crippen molar-refractivity contribution >= 4 is 6.03 Å². The van der Waals surface area contributed by atoms with E-state index >= 15 is 0 Å². The van der Waals surface area contributed by atoms with Gasteiger partial charge in [0, 0.05) is 12.7 Å². The van der Waals surface area contributed by atoms with Gasteiger partial charge in [0.2, 0.25) is 0 Å². The molecule has 0 aromatic heterocycles. The largest absolute Gasteiger partial charge is 0.394 e. The van der Waals surface area contributed by atoms with Gasteiger partial charge in [-0.25, -0.2) is 4.79 Å². The standard InChI is InChI=1S/C10H18N2O2/c1-10(2,8-13)11-9(14)12-6-4-3-5-7-12/h4,6,13H,3,5,7-8H2,1-2H3,(H,11,14). The molecule has 0 spiro atoms. The Morgan fingerprint density at radius 1 is 1.64 bits per heavy atom. The average molecular weight is 198 g/mol. The molecule has 4 heteroatoms. The molecule has 0 aromatic rings. The number of aliphatic hydroxyl groups excluding tert-OH is 1. The minimum absolute atomic E-state index is 0.0592. The first-order chi connectivity index (χ1) is 6.55. The molecule has 1 aliphatic rings. The van der Waals surface area contributed by atoms with Gasteiger partial charge < -0.3 is 15.3 Å². The molecule has 80 valence electrons. The minimum atomic E-state index is -0.553. The number of carbonyl (C=O) groups is 1. The highest BCUT2D eigenvalue weighted by Gasteiger charge is 2.22. The van der Waals surface area contributed by atoms with Crippen molar-refractivity contribution in [2.45, 2.75) is 32.2 Å². The van der Waals surface area contributed by atoms with Crippen molar-refractivity contribution in [2.24, 2.45) is 0 Å². The molecule has 14 heavy (non-hydrogen) atoms. The minimum Gasteiger partial charge on any atom is -0.394 e. The molecular formula is C10H18N2O2. The highest BCUT2D eigenvalue weighted by atomic mass is 16.3. The third kappa shape index (κ3) is 3.03. The third-order valence-corrected chi connectivity index (χ3v) is 2.16. The molecular weight excluding hydrogens is 180 g/mol. The van der Waals surface area contributed by atoms with Crippen LogP contribution in [0.1, 0.15) is 26.7 Å². The molecule has 1 heterocycles. The van der Waals surface area contributed by atoms with Gasteiger partial charge in [-0.15, -0.1) is 0 Å². The SMILES string of the molecule is CC(C)(CO)NC(=O)N1C=CCCC1. The summed E-state index contributed by atoms with van der Waals surface area (Å²) in [6.07, 6.45) is 5.82. The van der Waals surface area contributed by atoms with E-state index in [4.69, 9.17) is 5.11 Å². The summed E-state index contributed by atoms with van der Waals surface area (Å²) in [4.78, 5) is 13.3. The van der Waals surface area contributed by atoms with E-state index in [1.54, 1.807) is 24.9 Å². The second-order valence-corrected chi connectivity index (χ2v) is 4.19. The first kappa shape index (κ1) is 11.0. The number of nitrogens with one attached hydrogen (secondary N) is 1. The molecule has 0 bridgehead atoms. The van der Waals surface area contributed by atoms with E-state index in [1.165, 1.54) is 0 Å². The van der Waals surface area contributed by atoms with Crippen LogP contribution in [0.4, 0.5) is 4.79 Å². The van der Waals surface area contributed by atoms with Crippen LogP contribution < -0.4 is 5.32 Å². The molecule has 0 saturated carbocycles. The van der Waals surface area contributed by atoms with E-state index < -0.39 is 5.54 Å². The smallest absolute Gasteiger partial charge is 0.321 e. The molecule has 0 aliphatic carbocycles.